The molecule has 2 aromatic rings. The van der Waals surface area contributed by atoms with E-state index in [0.717, 1.165) is 38.1 Å². The minimum atomic E-state index is -4.80. The van der Waals surface area contributed by atoms with Crippen LogP contribution in [0.3, 0.4) is 0 Å². The van der Waals surface area contributed by atoms with E-state index in [4.69, 9.17) is 32.8 Å². The minimum absolute atomic E-state index is 0. The van der Waals surface area contributed by atoms with E-state index in [-0.39, 0.29) is 384 Å². The topological polar surface area (TPSA) is 616 Å². The number of halogens is 4. The Morgan fingerprint density at radius 1 is 0.420 bits per heavy atom. The number of unbranched alkanes of at least 4 members (excludes halogenated alkanes) is 10. The van der Waals surface area contributed by atoms with E-state index in [2.05, 4.69) is 35.8 Å². The molecule has 0 aliphatic carbocycles. The Kier molecular flexibility index (Phi) is 78.3. The van der Waals surface area contributed by atoms with Crippen molar-refractivity contribution in [2.24, 2.45) is 23.7 Å². The third-order valence-corrected chi connectivity index (χ3v) is 20.9. The number of Topliss-reactive ketones (excluding diaryl/α,β-unsaturated/α-hetero) is 4. The van der Waals surface area contributed by atoms with E-state index in [1.165, 1.54) is 12.1 Å². The molecule has 0 aliphatic heterocycles. The van der Waals surface area contributed by atoms with Crippen LogP contribution in [0.1, 0.15) is 239 Å². The molecule has 9 N–H and O–H groups in total. The number of carboxylic acids is 8. The van der Waals surface area contributed by atoms with Crippen molar-refractivity contribution in [3.63, 3.8) is 0 Å². The molecule has 4 amide bonds. The van der Waals surface area contributed by atoms with Crippen LogP contribution < -0.4 is 304 Å². The van der Waals surface area contributed by atoms with Crippen LogP contribution >= 0.6 is 38.4 Å². The molecular weight excluding hydrogens is 1790 g/mol. The van der Waals surface area contributed by atoms with Gasteiger partial charge in [0.25, 0.3) is 0 Å². The van der Waals surface area contributed by atoms with Crippen molar-refractivity contribution in [3.05, 3.63) is 57.6 Å². The first kappa shape index (κ1) is 127. The third kappa shape index (κ3) is 64.9. The number of pyridine rings is 2. The zero-order chi connectivity index (χ0) is 85.9. The van der Waals surface area contributed by atoms with Crippen LogP contribution in [0.15, 0.2) is 24.5 Å². The molecule has 0 spiro atoms. The van der Waals surface area contributed by atoms with Gasteiger partial charge in [-0.05, 0) is 121 Å². The number of carbonyl (C=O) groups excluding carboxylic acids is 12. The third-order valence-electron chi connectivity index (χ3n) is 17.4. The second-order valence-electron chi connectivity index (χ2n) is 27.0. The Morgan fingerprint density at radius 3 is 1.20 bits per heavy atom. The fourth-order valence-electron chi connectivity index (χ4n) is 11.0. The summed E-state index contributed by atoms with van der Waals surface area (Å²) in [5.74, 6) is -22.6. The number of carbonyl (C=O) groups is 16. The van der Waals surface area contributed by atoms with Gasteiger partial charge in [0.15, 0.2) is 11.6 Å². The molecule has 8 atom stereocenters. The number of rotatable bonds is 66. The molecule has 0 bridgehead atoms. The van der Waals surface area contributed by atoms with E-state index in [0.29, 0.717) is 90.1 Å². The molecule has 0 saturated heterocycles. The van der Waals surface area contributed by atoms with Crippen LogP contribution in [0.25, 0.3) is 0 Å². The van der Waals surface area contributed by atoms with Crippen molar-refractivity contribution in [2.45, 2.75) is 230 Å². The summed E-state index contributed by atoms with van der Waals surface area (Å²) in [4.78, 5) is 217. The second kappa shape index (κ2) is 73.3. The maximum atomic E-state index is 13.2. The van der Waals surface area contributed by atoms with Crippen molar-refractivity contribution in [3.8, 4) is 0 Å². The van der Waals surface area contributed by atoms with Crippen molar-refractivity contribution in [1.29, 1.82) is 0 Å². The van der Waals surface area contributed by atoms with Crippen LogP contribution in [-0.4, -0.2) is 181 Å². The molecule has 36 nitrogen and oxygen atoms in total. The summed E-state index contributed by atoms with van der Waals surface area (Å²) in [5, 5.41) is 91.2. The van der Waals surface area contributed by atoms with Gasteiger partial charge in [0, 0.05) is 143 Å². The van der Waals surface area contributed by atoms with E-state index < -0.39 is 193 Å². The van der Waals surface area contributed by atoms with E-state index in [9.17, 15) is 140 Å². The van der Waals surface area contributed by atoms with Gasteiger partial charge in [0.05, 0.1) is 53.3 Å². The Morgan fingerprint density at radius 2 is 0.798 bits per heavy atom. The molecule has 0 radical (unpaired) electrons. The Labute approximate surface area is 910 Å². The van der Waals surface area contributed by atoms with E-state index >= 15 is 0 Å². The quantitative estimate of drug-likeness (QED) is 0.00976. The first-order chi connectivity index (χ1) is 53.6. The molecular formula is C72H99Cl2F2K5N6O30P2. The molecule has 2 aromatic heterocycles. The number of carboxylic acid groups (broad SMARTS) is 8. The van der Waals surface area contributed by atoms with E-state index in [1.54, 1.807) is 0 Å². The van der Waals surface area contributed by atoms with Crippen LogP contribution in [-0.2, 0) is 85.3 Å². The summed E-state index contributed by atoms with van der Waals surface area (Å²) >= 11 is 11.3. The fourth-order valence-corrected chi connectivity index (χ4v) is 14.1. The number of ketones is 4. The van der Waals surface area contributed by atoms with Gasteiger partial charge in [-0.2, -0.15) is 8.78 Å². The minimum Gasteiger partial charge on any atom is -0.778 e. The summed E-state index contributed by atoms with van der Waals surface area (Å²) in [6.07, 6.45) is 4.76. The van der Waals surface area contributed by atoms with Crippen LogP contribution in [0.4, 0.5) is 8.78 Å². The first-order valence-corrected chi connectivity index (χ1v) is 41.3. The van der Waals surface area contributed by atoms with Gasteiger partial charge in [-0.1, -0.05) is 61.7 Å². The molecule has 0 saturated carbocycles. The van der Waals surface area contributed by atoms with Gasteiger partial charge >= 0.3 is 288 Å². The summed E-state index contributed by atoms with van der Waals surface area (Å²) in [7, 11) is -9.28. The zero-order valence-corrected chi connectivity index (χ0v) is 86.7. The molecule has 47 heteroatoms. The molecule has 0 fully saturated rings. The Hall–Kier alpha value is -0.458. The Bertz CT molecular complexity index is 3450. The molecule has 0 aromatic carbocycles. The molecule has 2 rings (SSSR count). The summed E-state index contributed by atoms with van der Waals surface area (Å²) in [5.41, 5.74) is 0.485. The largest absolute Gasteiger partial charge is 1.00 e. The molecule has 640 valence electrons. The zero-order valence-electron chi connectivity index (χ0n) is 67.8. The predicted octanol–water partition coefficient (Wildman–Crippen LogP) is -11.7. The molecule has 2 heterocycles. The van der Waals surface area contributed by atoms with Gasteiger partial charge in [-0.25, -0.2) is 14.8 Å². The summed E-state index contributed by atoms with van der Waals surface area (Å²) in [6, 6.07) is -0.596. The van der Waals surface area contributed by atoms with Gasteiger partial charge in [-0.15, -0.1) is 0 Å². The normalized spacial score (nSPS) is 13.2. The number of aromatic nitrogens is 2. The fraction of sp³-hybridized carbons (Fsp3) is 0.639. The second-order valence-corrected chi connectivity index (χ2v) is 31.5. The standard InChI is InChI=1S/2C36H52ClFN3O15P.5K/c2*37-27-20-25(21-40-33(27)38)29(43)11-5-1-2-6-12-30(44)39-17-7-3-4-9-26(42)19-23(34(48)49)13-15-31(45)41-28(36(52)53)10-8-18-56-57(54,55)22-24(35(50)51)14-16-32(46)47;;;;;/h2*20-21,23-24,28H,1-19,22H2,(H,39,44)(H,41,45)(H,46,47)(H,48,49)(H,50,51)(H,52,53)(H,54,55);;;;;/q;;5*+1/p-5/t2*23-,24-,28+;;;;;/m11...../s1/i2*38-1;;;;;. The van der Waals surface area contributed by atoms with Crippen molar-refractivity contribution < 1.29 is 411 Å². The number of nitrogens with one attached hydrogen (secondary N) is 4. The smallest absolute Gasteiger partial charge is 0.778 e. The average Bonchev–Trinajstić information content (AvgIpc) is 0.851. The van der Waals surface area contributed by atoms with Crippen molar-refractivity contribution in [1.82, 2.24) is 31.2 Å². The Balaban J connectivity index is -0.000000699. The number of amides is 4. The van der Waals surface area contributed by atoms with E-state index in [1.807, 2.05) is 0 Å². The van der Waals surface area contributed by atoms with Crippen LogP contribution in [0, 0.1) is 35.6 Å². The summed E-state index contributed by atoms with van der Waals surface area (Å²) in [6.45, 7) is -0.291. The first-order valence-electron chi connectivity index (χ1n) is 37.1. The molecule has 0 aliphatic rings. The van der Waals surface area contributed by atoms with Gasteiger partial charge in [0.2, 0.25) is 35.5 Å². The van der Waals surface area contributed by atoms with Gasteiger partial charge in [-0.3, -0.25) is 57.3 Å². The van der Waals surface area contributed by atoms with Gasteiger partial charge < -0.3 is 105 Å². The maximum Gasteiger partial charge on any atom is 1.00 e. The number of aliphatic carboxylic acids is 8. The monoisotopic (exact) mass is 1890 g/mol. The molecule has 2 unspecified atom stereocenters. The number of hydrogen-bond donors (Lipinski definition) is 9. The number of nitrogens with zero attached hydrogens (tertiary/aromatic N) is 2. The maximum absolute atomic E-state index is 13.2. The molecule has 119 heavy (non-hydrogen) atoms. The van der Waals surface area contributed by atoms with Gasteiger partial charge in [0.1, 0.15) is 25.2 Å². The number of hydrogen-bond acceptors (Lipinski definition) is 27. The summed E-state index contributed by atoms with van der Waals surface area (Å²) < 4.78 is 60.2. The van der Waals surface area contributed by atoms with Crippen molar-refractivity contribution in [2.75, 3.05) is 38.6 Å². The van der Waals surface area contributed by atoms with Crippen LogP contribution in [0.5, 0.6) is 0 Å². The SMILES string of the molecule is O=C(O)CC[C@H](CP(=O)(O)OCCC[C@H](NC(=O)CC[C@H](CC(=O)CCCCCNC(=O)CCCCCCC(=O)c1cnc([18F])c(Cl)c1)C(=O)O)C(=O)O)C(=O)O.O=C([O-])CC[C@H](CP(=O)([O-])OCCC[C@H](NC(=O)CC[C@H](CC(=O)CCCCCNC(=O)CCCCCCC(=O)c1cnc([18F])c(Cl)c1)C(=O)[O-])C(=O)[O-])C(=O)[O-].[K+].[K+].[K+].[K+].[K+]. The van der Waals surface area contributed by atoms with Crippen LogP contribution in [0.2, 0.25) is 10.0 Å². The predicted molar refractivity (Wildman–Crippen MR) is 388 cm³/mol. The van der Waals surface area contributed by atoms with Crippen molar-refractivity contribution >= 4 is 133 Å². The average molecular weight is 1890 g/mol.